The number of ether oxygens (including phenoxy) is 1. The van der Waals surface area contributed by atoms with E-state index in [-0.39, 0.29) is 5.60 Å². The molecule has 0 saturated heterocycles. The zero-order valence-corrected chi connectivity index (χ0v) is 12.3. The van der Waals surface area contributed by atoms with Crippen LogP contribution in [-0.2, 0) is 14.9 Å². The third-order valence-electron chi connectivity index (χ3n) is 4.05. The molecule has 1 rings (SSSR count). The molecule has 0 aliphatic carbocycles. The van der Waals surface area contributed by atoms with Crippen LogP contribution >= 0.6 is 0 Å². The fourth-order valence-corrected chi connectivity index (χ4v) is 2.28. The van der Waals surface area contributed by atoms with Crippen LogP contribution in [0.3, 0.4) is 0 Å². The molecule has 0 saturated carbocycles. The summed E-state index contributed by atoms with van der Waals surface area (Å²) < 4.78 is 5.40. The highest BCUT2D eigenvalue weighted by Crippen LogP contribution is 2.35. The molecule has 1 aromatic rings. The molecule has 0 aliphatic rings. The molecule has 1 aromatic carbocycles. The second-order valence-corrected chi connectivity index (χ2v) is 5.57. The van der Waals surface area contributed by atoms with Crippen molar-refractivity contribution in [1.82, 2.24) is 0 Å². The van der Waals surface area contributed by atoms with Gasteiger partial charge in [0.25, 0.3) is 0 Å². The first-order chi connectivity index (χ1) is 8.88. The van der Waals surface area contributed by atoms with E-state index in [1.165, 1.54) is 0 Å². The summed E-state index contributed by atoms with van der Waals surface area (Å²) >= 11 is 0. The monoisotopic (exact) mass is 264 g/mol. The molecule has 3 heteroatoms. The molecule has 0 amide bonds. The predicted molar refractivity (Wildman–Crippen MR) is 76.4 cm³/mol. The molecule has 0 heterocycles. The average molecular weight is 264 g/mol. The fraction of sp³-hybridized carbons (Fsp3) is 0.562. The van der Waals surface area contributed by atoms with Crippen molar-refractivity contribution in [2.45, 2.75) is 51.0 Å². The molecule has 0 aliphatic heterocycles. The predicted octanol–water partition coefficient (Wildman–Crippen LogP) is 3.62. The van der Waals surface area contributed by atoms with Crippen molar-refractivity contribution in [3.63, 3.8) is 0 Å². The van der Waals surface area contributed by atoms with Crippen LogP contribution in [0.5, 0.6) is 0 Å². The van der Waals surface area contributed by atoms with Crippen molar-refractivity contribution in [3.8, 4) is 0 Å². The third kappa shape index (κ3) is 3.57. The number of carboxylic acids is 1. The van der Waals surface area contributed by atoms with Gasteiger partial charge in [-0.3, -0.25) is 4.79 Å². The van der Waals surface area contributed by atoms with E-state index < -0.39 is 11.4 Å². The number of aliphatic carboxylic acids is 1. The van der Waals surface area contributed by atoms with Gasteiger partial charge in [-0.1, -0.05) is 37.3 Å². The Bertz CT molecular complexity index is 411. The molecular formula is C16H24O3. The number of carboxylic acid groups (broad SMARTS) is 1. The fourth-order valence-electron chi connectivity index (χ4n) is 2.28. The normalized spacial score (nSPS) is 14.9. The summed E-state index contributed by atoms with van der Waals surface area (Å²) in [4.78, 5) is 11.8. The number of hydrogen-bond donors (Lipinski definition) is 1. The maximum absolute atomic E-state index is 11.8. The van der Waals surface area contributed by atoms with Crippen LogP contribution in [0.1, 0.15) is 45.6 Å². The summed E-state index contributed by atoms with van der Waals surface area (Å²) in [6, 6.07) is 9.49. The Kier molecular flexibility index (Phi) is 5.12. The highest BCUT2D eigenvalue weighted by Gasteiger charge is 2.39. The van der Waals surface area contributed by atoms with Gasteiger partial charge in [0.1, 0.15) is 0 Å². The summed E-state index contributed by atoms with van der Waals surface area (Å²) in [6.45, 7) is 5.90. The summed E-state index contributed by atoms with van der Waals surface area (Å²) in [5.74, 6) is -0.756. The molecule has 0 spiro atoms. The van der Waals surface area contributed by atoms with Gasteiger partial charge in [0.2, 0.25) is 0 Å². The maximum atomic E-state index is 11.8. The lowest BCUT2D eigenvalue weighted by Gasteiger charge is -2.32. The molecule has 3 nitrogen and oxygen atoms in total. The first kappa shape index (κ1) is 15.7. The van der Waals surface area contributed by atoms with Crippen LogP contribution in [0, 0.1) is 0 Å². The van der Waals surface area contributed by atoms with Crippen molar-refractivity contribution in [2.24, 2.45) is 0 Å². The van der Waals surface area contributed by atoms with Gasteiger partial charge in [0.15, 0.2) is 0 Å². The zero-order valence-electron chi connectivity index (χ0n) is 12.3. The lowest BCUT2D eigenvalue weighted by atomic mass is 9.73. The number of methoxy groups -OCH3 is 1. The van der Waals surface area contributed by atoms with E-state index in [4.69, 9.17) is 4.74 Å². The quantitative estimate of drug-likeness (QED) is 0.818. The van der Waals surface area contributed by atoms with Crippen LogP contribution in [0.2, 0.25) is 0 Å². The first-order valence-electron chi connectivity index (χ1n) is 6.72. The van der Waals surface area contributed by atoms with Gasteiger partial charge in [-0.25, -0.2) is 0 Å². The lowest BCUT2D eigenvalue weighted by molar-refractivity contribution is -0.145. The molecule has 0 fully saturated rings. The van der Waals surface area contributed by atoms with Crippen LogP contribution < -0.4 is 0 Å². The van der Waals surface area contributed by atoms with E-state index in [0.717, 1.165) is 5.56 Å². The van der Waals surface area contributed by atoms with Crippen LogP contribution in [0.4, 0.5) is 0 Å². The smallest absolute Gasteiger partial charge is 0.314 e. The van der Waals surface area contributed by atoms with Gasteiger partial charge in [0.05, 0.1) is 11.0 Å². The van der Waals surface area contributed by atoms with Crippen molar-refractivity contribution in [3.05, 3.63) is 35.9 Å². The first-order valence-corrected chi connectivity index (χ1v) is 6.72. The Balaban J connectivity index is 3.05. The van der Waals surface area contributed by atoms with Crippen molar-refractivity contribution in [1.29, 1.82) is 0 Å². The van der Waals surface area contributed by atoms with Crippen LogP contribution in [0.25, 0.3) is 0 Å². The van der Waals surface area contributed by atoms with E-state index in [9.17, 15) is 9.90 Å². The second kappa shape index (κ2) is 6.20. The summed E-state index contributed by atoms with van der Waals surface area (Å²) in [6.07, 6.45) is 1.86. The van der Waals surface area contributed by atoms with Crippen molar-refractivity contribution < 1.29 is 14.6 Å². The maximum Gasteiger partial charge on any atom is 0.314 e. The van der Waals surface area contributed by atoms with Crippen LogP contribution in [0.15, 0.2) is 30.3 Å². The molecule has 19 heavy (non-hydrogen) atoms. The second-order valence-electron chi connectivity index (χ2n) is 5.57. The van der Waals surface area contributed by atoms with Crippen LogP contribution in [-0.4, -0.2) is 23.8 Å². The molecule has 1 N–H and O–H groups in total. The van der Waals surface area contributed by atoms with Crippen molar-refractivity contribution >= 4 is 5.97 Å². The van der Waals surface area contributed by atoms with Gasteiger partial charge >= 0.3 is 5.97 Å². The van der Waals surface area contributed by atoms with E-state index in [2.05, 4.69) is 0 Å². The highest BCUT2D eigenvalue weighted by molar-refractivity contribution is 5.81. The third-order valence-corrected chi connectivity index (χ3v) is 4.05. The SMILES string of the molecule is CCC(CCC(C)(C)OC)(C(=O)O)c1ccccc1. The van der Waals surface area contributed by atoms with E-state index in [1.54, 1.807) is 7.11 Å². The Hall–Kier alpha value is -1.35. The van der Waals surface area contributed by atoms with Gasteiger partial charge in [0, 0.05) is 7.11 Å². The van der Waals surface area contributed by atoms with Gasteiger partial charge in [-0.15, -0.1) is 0 Å². The Labute approximate surface area is 115 Å². The lowest BCUT2D eigenvalue weighted by Crippen LogP contribution is -2.37. The number of carbonyl (C=O) groups is 1. The molecular weight excluding hydrogens is 240 g/mol. The summed E-state index contributed by atoms with van der Waals surface area (Å²) in [5, 5.41) is 9.71. The topological polar surface area (TPSA) is 46.5 Å². The van der Waals surface area contributed by atoms with E-state index in [1.807, 2.05) is 51.1 Å². The standard InChI is InChI=1S/C16H24O3/c1-5-16(14(17)18,12-11-15(2,3)19-4)13-9-7-6-8-10-13/h6-10H,5,11-12H2,1-4H3,(H,17,18). The molecule has 1 atom stereocenters. The summed E-state index contributed by atoms with van der Waals surface area (Å²) in [5.41, 5.74) is -0.251. The molecule has 0 bridgehead atoms. The molecule has 1 unspecified atom stereocenters. The highest BCUT2D eigenvalue weighted by atomic mass is 16.5. The molecule has 106 valence electrons. The van der Waals surface area contributed by atoms with E-state index >= 15 is 0 Å². The Morgan fingerprint density at radius 3 is 2.21 bits per heavy atom. The summed E-state index contributed by atoms with van der Waals surface area (Å²) in [7, 11) is 1.66. The van der Waals surface area contributed by atoms with Gasteiger partial charge in [-0.2, -0.15) is 0 Å². The Morgan fingerprint density at radius 1 is 1.21 bits per heavy atom. The van der Waals surface area contributed by atoms with Gasteiger partial charge < -0.3 is 9.84 Å². The van der Waals surface area contributed by atoms with Gasteiger partial charge in [-0.05, 0) is 38.7 Å². The van der Waals surface area contributed by atoms with E-state index in [0.29, 0.717) is 19.3 Å². The zero-order chi connectivity index (χ0) is 14.5. The number of rotatable bonds is 7. The molecule has 0 aromatic heterocycles. The van der Waals surface area contributed by atoms with Crippen molar-refractivity contribution in [2.75, 3.05) is 7.11 Å². The minimum atomic E-state index is -0.822. The largest absolute Gasteiger partial charge is 0.481 e. The average Bonchev–Trinajstić information content (AvgIpc) is 2.41. The minimum Gasteiger partial charge on any atom is -0.481 e. The minimum absolute atomic E-state index is 0.301. The number of hydrogen-bond acceptors (Lipinski definition) is 2. The Morgan fingerprint density at radius 2 is 1.79 bits per heavy atom. The molecule has 0 radical (unpaired) electrons. The number of benzene rings is 1.